The van der Waals surface area contributed by atoms with Gasteiger partial charge < -0.3 is 0 Å². The van der Waals surface area contributed by atoms with Crippen LogP contribution in [0.5, 0.6) is 0 Å². The minimum absolute atomic E-state index is 0.885. The molecule has 9 heavy (non-hydrogen) atoms. The molecule has 3 heteroatoms. The molecule has 0 aromatic rings. The van der Waals surface area contributed by atoms with E-state index in [1.165, 1.54) is 0 Å². The highest BCUT2D eigenvalue weighted by atomic mass is 28.4. The molecule has 0 saturated heterocycles. The summed E-state index contributed by atoms with van der Waals surface area (Å²) in [6.07, 6.45) is 0. The second kappa shape index (κ2) is 4.01. The second-order valence-electron chi connectivity index (χ2n) is 2.32. The second-order valence-corrected chi connectivity index (χ2v) is 6.96. The summed E-state index contributed by atoms with van der Waals surface area (Å²) in [4.78, 5) is 0. The molecule has 0 N–H and O–H groups in total. The summed E-state index contributed by atoms with van der Waals surface area (Å²) in [5.41, 5.74) is 0. The molecule has 0 radical (unpaired) electrons. The van der Waals surface area contributed by atoms with Crippen LogP contribution in [0.3, 0.4) is 0 Å². The van der Waals surface area contributed by atoms with Crippen LogP contribution >= 0.6 is 0 Å². The molecule has 0 unspecified atom stereocenters. The zero-order valence-corrected chi connectivity index (χ0v) is 7.41. The topological polar surface area (TPSA) is 9.23 Å². The largest absolute Gasteiger partial charge is 0.245 e. The molecule has 0 aliphatic rings. The van der Waals surface area contributed by atoms with Crippen LogP contribution in [0.25, 0.3) is 0 Å². The molecular weight excluding hydrogens is 135 g/mol. The van der Waals surface area contributed by atoms with Crippen molar-refractivity contribution in [1.29, 1.82) is 0 Å². The van der Waals surface area contributed by atoms with Gasteiger partial charge in [0.15, 0.2) is 0 Å². The minimum Gasteiger partial charge on any atom is -0.245 e. The van der Waals surface area contributed by atoms with Crippen molar-refractivity contribution in [2.45, 2.75) is 38.9 Å². The molecular formula is C6H15FOSi. The Kier molecular flexibility index (Phi) is 4.06. The van der Waals surface area contributed by atoms with Crippen molar-refractivity contribution in [1.82, 2.24) is 0 Å². The van der Waals surface area contributed by atoms with E-state index in [2.05, 4.69) is 4.63 Å². The summed E-state index contributed by atoms with van der Waals surface area (Å²) in [7, 11) is -1.86. The Morgan fingerprint density at radius 2 is 1.44 bits per heavy atom. The highest BCUT2D eigenvalue weighted by Gasteiger charge is 2.30. The molecule has 0 amide bonds. The summed E-state index contributed by atoms with van der Waals surface area (Å²) < 4.78 is 15.9. The zero-order valence-electron chi connectivity index (χ0n) is 6.41. The first-order valence-electron chi connectivity index (χ1n) is 3.54. The van der Waals surface area contributed by atoms with E-state index in [1.54, 1.807) is 0 Å². The molecule has 0 heterocycles. The lowest BCUT2D eigenvalue weighted by Gasteiger charge is -2.20. The van der Waals surface area contributed by atoms with E-state index in [9.17, 15) is 4.53 Å². The van der Waals surface area contributed by atoms with Crippen LogP contribution in [-0.4, -0.2) is 8.32 Å². The van der Waals surface area contributed by atoms with Gasteiger partial charge in [0, 0.05) is 0 Å². The summed E-state index contributed by atoms with van der Waals surface area (Å²) in [6.45, 7) is 6.00. The summed E-state index contributed by atoms with van der Waals surface area (Å²) >= 11 is 0. The van der Waals surface area contributed by atoms with Gasteiger partial charge in [0.05, 0.1) is 0 Å². The number of rotatable bonds is 4. The molecule has 0 aromatic carbocycles. The summed E-state index contributed by atoms with van der Waals surface area (Å²) in [5, 5.41) is 0. The Bertz CT molecular complexity index is 55.9. The first-order chi connectivity index (χ1) is 4.24. The zero-order chi connectivity index (χ0) is 7.33. The number of halogens is 1. The summed E-state index contributed by atoms with van der Waals surface area (Å²) in [6, 6.07) is 2.66. The Morgan fingerprint density at radius 3 is 1.44 bits per heavy atom. The SMILES string of the molecule is CC[Si](CC)(CC)OF. The quantitative estimate of drug-likeness (QED) is 0.560. The lowest BCUT2D eigenvalue weighted by atomic mass is 10.9. The third-order valence-electron chi connectivity index (χ3n) is 2.10. The van der Waals surface area contributed by atoms with Crippen LogP contribution in [0.1, 0.15) is 20.8 Å². The third-order valence-corrected chi connectivity index (χ3v) is 6.29. The van der Waals surface area contributed by atoms with Gasteiger partial charge in [-0.2, -0.15) is 0 Å². The van der Waals surface area contributed by atoms with Crippen LogP contribution < -0.4 is 0 Å². The van der Waals surface area contributed by atoms with Gasteiger partial charge in [-0.25, -0.2) is 4.63 Å². The standard InChI is InChI=1S/C6H15FOSi/c1-4-9(5-2,6-3)8-7/h4-6H2,1-3H3. The van der Waals surface area contributed by atoms with Gasteiger partial charge in [0.1, 0.15) is 0 Å². The molecule has 0 aliphatic heterocycles. The number of hydrogen-bond acceptors (Lipinski definition) is 1. The molecule has 56 valence electrons. The molecule has 0 aliphatic carbocycles. The van der Waals surface area contributed by atoms with Crippen LogP contribution in [0.2, 0.25) is 18.1 Å². The Morgan fingerprint density at radius 1 is 1.11 bits per heavy atom. The van der Waals surface area contributed by atoms with Gasteiger partial charge in [-0.1, -0.05) is 25.3 Å². The maximum Gasteiger partial charge on any atom is 0.245 e. The van der Waals surface area contributed by atoms with Gasteiger partial charge in [-0.15, -0.1) is 0 Å². The van der Waals surface area contributed by atoms with Gasteiger partial charge in [0.25, 0.3) is 0 Å². The number of hydrogen-bond donors (Lipinski definition) is 0. The highest BCUT2D eigenvalue weighted by Crippen LogP contribution is 2.21. The highest BCUT2D eigenvalue weighted by molar-refractivity contribution is 6.73. The van der Waals surface area contributed by atoms with Gasteiger partial charge in [-0.05, 0) is 18.1 Å². The van der Waals surface area contributed by atoms with Crippen LogP contribution in [-0.2, 0) is 4.63 Å². The van der Waals surface area contributed by atoms with Crippen molar-refractivity contribution < 1.29 is 9.16 Å². The minimum atomic E-state index is -1.86. The van der Waals surface area contributed by atoms with E-state index in [0.29, 0.717) is 0 Å². The third kappa shape index (κ3) is 2.06. The average molecular weight is 150 g/mol. The van der Waals surface area contributed by atoms with E-state index in [4.69, 9.17) is 0 Å². The van der Waals surface area contributed by atoms with Gasteiger partial charge >= 0.3 is 0 Å². The maximum absolute atomic E-state index is 11.9. The first-order valence-corrected chi connectivity index (χ1v) is 6.07. The fraction of sp³-hybridized carbons (Fsp3) is 1.00. The first kappa shape index (κ1) is 9.11. The lowest BCUT2D eigenvalue weighted by molar-refractivity contribution is -0.0223. The Labute approximate surface area is 57.2 Å². The Hall–Kier alpha value is 0.107. The van der Waals surface area contributed by atoms with E-state index in [1.807, 2.05) is 20.8 Å². The lowest BCUT2D eigenvalue weighted by Crippen LogP contribution is -2.32. The fourth-order valence-electron chi connectivity index (χ4n) is 0.914. The van der Waals surface area contributed by atoms with E-state index in [-0.39, 0.29) is 0 Å². The molecule has 0 aromatic heterocycles. The smallest absolute Gasteiger partial charge is 0.245 e. The average Bonchev–Trinajstić information content (AvgIpc) is 1.95. The fourth-order valence-corrected chi connectivity index (χ4v) is 2.74. The van der Waals surface area contributed by atoms with Crippen molar-refractivity contribution in [3.05, 3.63) is 0 Å². The molecule has 0 fully saturated rings. The Balaban J connectivity index is 3.82. The predicted molar refractivity (Wildman–Crippen MR) is 39.4 cm³/mol. The summed E-state index contributed by atoms with van der Waals surface area (Å²) in [5.74, 6) is 0. The van der Waals surface area contributed by atoms with E-state index in [0.717, 1.165) is 18.1 Å². The van der Waals surface area contributed by atoms with Crippen molar-refractivity contribution in [3.63, 3.8) is 0 Å². The van der Waals surface area contributed by atoms with Crippen molar-refractivity contribution >= 4 is 8.32 Å². The predicted octanol–water partition coefficient (Wildman–Crippen LogP) is 2.89. The van der Waals surface area contributed by atoms with Crippen LogP contribution in [0, 0.1) is 0 Å². The molecule has 0 saturated carbocycles. The monoisotopic (exact) mass is 150 g/mol. The molecule has 0 rings (SSSR count). The van der Waals surface area contributed by atoms with E-state index >= 15 is 0 Å². The molecule has 0 bridgehead atoms. The van der Waals surface area contributed by atoms with Crippen molar-refractivity contribution in [3.8, 4) is 0 Å². The molecule has 0 spiro atoms. The molecule has 1 nitrogen and oxygen atoms in total. The van der Waals surface area contributed by atoms with Crippen molar-refractivity contribution in [2.75, 3.05) is 0 Å². The van der Waals surface area contributed by atoms with Gasteiger partial charge in [0.2, 0.25) is 8.32 Å². The van der Waals surface area contributed by atoms with E-state index < -0.39 is 8.32 Å². The molecule has 0 atom stereocenters. The normalized spacial score (nSPS) is 12.0. The van der Waals surface area contributed by atoms with Crippen LogP contribution in [0.4, 0.5) is 4.53 Å². The maximum atomic E-state index is 11.9. The van der Waals surface area contributed by atoms with Gasteiger partial charge in [-0.3, -0.25) is 0 Å². The van der Waals surface area contributed by atoms with Crippen molar-refractivity contribution in [2.24, 2.45) is 0 Å². The van der Waals surface area contributed by atoms with Crippen LogP contribution in [0.15, 0.2) is 0 Å².